The molecule has 1 saturated heterocycles. The Morgan fingerprint density at radius 3 is 2.12 bits per heavy atom. The van der Waals surface area contributed by atoms with Crippen molar-refractivity contribution in [3.63, 3.8) is 0 Å². The lowest BCUT2D eigenvalue weighted by Crippen LogP contribution is -2.49. The van der Waals surface area contributed by atoms with Gasteiger partial charge in [0.15, 0.2) is 6.10 Å². The molecule has 2 heterocycles. The molecule has 0 aliphatic carbocycles. The van der Waals surface area contributed by atoms with Crippen LogP contribution in [0.15, 0.2) is 27.0 Å². The summed E-state index contributed by atoms with van der Waals surface area (Å²) in [6.07, 6.45) is -6.06. The van der Waals surface area contributed by atoms with Gasteiger partial charge < -0.3 is 23.8 Å². The maximum absolute atomic E-state index is 15.2. The van der Waals surface area contributed by atoms with Crippen molar-refractivity contribution < 1.29 is 46.8 Å². The quantitative estimate of drug-likeness (QED) is 0.0805. The Hall–Kier alpha value is -3.18. The van der Waals surface area contributed by atoms with E-state index in [0.29, 0.717) is 6.20 Å². The number of aliphatic hydroxyl groups is 1. The lowest BCUT2D eigenvalue weighted by Gasteiger charge is -2.31. The summed E-state index contributed by atoms with van der Waals surface area (Å²) in [7, 11) is -4.66. The van der Waals surface area contributed by atoms with Crippen molar-refractivity contribution in [2.24, 2.45) is 5.11 Å². The minimum absolute atomic E-state index is 0.239. The highest BCUT2D eigenvalue weighted by Crippen LogP contribution is 2.50. The molecule has 5 atom stereocenters. The number of ether oxygens (including phenoxy) is 3. The first-order chi connectivity index (χ1) is 18.9. The van der Waals surface area contributed by atoms with Crippen LogP contribution < -0.4 is 21.4 Å². The Kier molecular flexibility index (Phi) is 11.0. The molecule has 41 heavy (non-hydrogen) atoms. The number of carbonyl (C=O) groups is 2. The first-order valence-electron chi connectivity index (χ1n) is 12.2. The fourth-order valence-electron chi connectivity index (χ4n) is 3.50. The molecule has 20 heteroatoms. The maximum atomic E-state index is 15.2. The van der Waals surface area contributed by atoms with Crippen molar-refractivity contribution in [3.8, 4) is 0 Å². The van der Waals surface area contributed by atoms with E-state index in [4.69, 9.17) is 24.3 Å². The average molecular weight is 611 g/mol. The molecule has 0 amide bonds. The Bertz CT molecular complexity index is 1300. The first-order valence-corrected chi connectivity index (χ1v) is 13.8. The van der Waals surface area contributed by atoms with Gasteiger partial charge in [-0.05, 0) is 47.1 Å². The van der Waals surface area contributed by atoms with Crippen LogP contribution in [-0.2, 0) is 32.9 Å². The number of halogens is 2. The number of aliphatic hydroxyl groups excluding tert-OH is 1. The Balaban J connectivity index is 2.45. The van der Waals surface area contributed by atoms with Crippen LogP contribution in [0, 0.1) is 0 Å². The molecule has 1 fully saturated rings. The van der Waals surface area contributed by atoms with Gasteiger partial charge >= 0.3 is 31.2 Å². The molecule has 1 aromatic heterocycles. The Morgan fingerprint density at radius 2 is 1.68 bits per heavy atom. The highest BCUT2D eigenvalue weighted by molar-refractivity contribution is 7.54. The second kappa shape index (κ2) is 13.2. The third-order valence-corrected chi connectivity index (χ3v) is 7.29. The number of hydrogen-bond acceptors (Lipinski definition) is 11. The number of carbonyl (C=O) groups excluding carboxylic acids is 2. The van der Waals surface area contributed by atoms with Gasteiger partial charge in [-0.1, -0.05) is 5.11 Å². The minimum atomic E-state index is -4.66. The zero-order valence-electron chi connectivity index (χ0n) is 22.9. The van der Waals surface area contributed by atoms with Crippen molar-refractivity contribution in [2.45, 2.75) is 89.8 Å². The molecule has 0 radical (unpaired) electrons. The predicted octanol–water partition coefficient (Wildman–Crippen LogP) is 1.05. The van der Waals surface area contributed by atoms with Gasteiger partial charge in [0.2, 0.25) is 12.0 Å². The summed E-state index contributed by atoms with van der Waals surface area (Å²) in [6.45, 7) is 7.32. The number of rotatable bonds is 13. The van der Waals surface area contributed by atoms with Crippen LogP contribution in [0.3, 0.4) is 0 Å². The molecule has 1 aliphatic rings. The number of H-pyrrole nitrogens is 1. The lowest BCUT2D eigenvalue weighted by atomic mass is 10.1. The molecule has 0 unspecified atom stereocenters. The van der Waals surface area contributed by atoms with E-state index < -0.39 is 85.7 Å². The van der Waals surface area contributed by atoms with Gasteiger partial charge in [-0.2, -0.15) is 8.78 Å². The monoisotopic (exact) mass is 611 g/mol. The van der Waals surface area contributed by atoms with Gasteiger partial charge in [0.1, 0.15) is 12.1 Å². The molecule has 2 rings (SSSR count). The average Bonchev–Trinajstić information content (AvgIpc) is 3.03. The summed E-state index contributed by atoms with van der Waals surface area (Å²) in [5.41, 5.74) is 3.84. The second-order valence-electron chi connectivity index (χ2n) is 9.60. The fraction of sp³-hybridized carbons (Fsp3) is 0.714. The smallest absolute Gasteiger partial charge is 0.342 e. The molecular formula is C21H32F2N7O10P. The van der Waals surface area contributed by atoms with Crippen molar-refractivity contribution in [3.05, 3.63) is 43.5 Å². The highest BCUT2D eigenvalue weighted by Gasteiger charge is 2.67. The summed E-state index contributed by atoms with van der Waals surface area (Å²) < 4.78 is 65.0. The summed E-state index contributed by atoms with van der Waals surface area (Å²) in [6, 6.07) is -1.99. The molecule has 0 aromatic carbocycles. The standard InChI is InChI=1S/C21H32F2N7O10P/c1-10(2)38-15(32)12(5)26-41(36,27-13(6)16(33)39-11(3)4)37-9-20(28-29-24)17(34)21(22,23)18(40-20)30-8-7-14(31)25-19(30)35/h7-8,10-13,17-18,34H,9H2,1-6H3,(H,25,31,35)(H2,26,27,36)/t12-,13-,17+,18+,20+/m0/s1. The van der Waals surface area contributed by atoms with Crippen LogP contribution in [0.25, 0.3) is 10.4 Å². The van der Waals surface area contributed by atoms with Crippen LogP contribution in [0.5, 0.6) is 0 Å². The summed E-state index contributed by atoms with van der Waals surface area (Å²) >= 11 is 0. The Labute approximate surface area is 231 Å². The van der Waals surface area contributed by atoms with Crippen LogP contribution >= 0.6 is 7.67 Å². The van der Waals surface area contributed by atoms with E-state index in [-0.39, 0.29) is 4.57 Å². The predicted molar refractivity (Wildman–Crippen MR) is 135 cm³/mol. The van der Waals surface area contributed by atoms with E-state index in [1.54, 1.807) is 32.7 Å². The SMILES string of the molecule is CC(C)OC(=O)[C@H](C)NP(=O)(N[C@@H](C)C(=O)OC(C)C)OC[C@@]1(N=[N+]=[N-])O[C@@H](n2ccc(=O)[nH]c2=O)C(F)(F)[C@@H]1O. The normalized spacial score (nSPS) is 23.6. The maximum Gasteiger partial charge on any atom is 0.342 e. The van der Waals surface area contributed by atoms with Crippen LogP contribution in [0.2, 0.25) is 0 Å². The molecular weight excluding hydrogens is 579 g/mol. The molecule has 17 nitrogen and oxygen atoms in total. The van der Waals surface area contributed by atoms with E-state index in [2.05, 4.69) is 20.2 Å². The van der Waals surface area contributed by atoms with Gasteiger partial charge in [-0.25, -0.2) is 15.0 Å². The summed E-state index contributed by atoms with van der Waals surface area (Å²) in [5, 5.41) is 18.2. The molecule has 0 spiro atoms. The highest BCUT2D eigenvalue weighted by atomic mass is 31.2. The van der Waals surface area contributed by atoms with Crippen molar-refractivity contribution in [1.82, 2.24) is 19.7 Å². The summed E-state index contributed by atoms with van der Waals surface area (Å²) in [5.74, 6) is -6.12. The van der Waals surface area contributed by atoms with Crippen molar-refractivity contribution in [2.75, 3.05) is 6.61 Å². The molecule has 1 aliphatic heterocycles. The number of hydrogen-bond donors (Lipinski definition) is 4. The van der Waals surface area contributed by atoms with E-state index in [1.807, 2.05) is 0 Å². The van der Waals surface area contributed by atoms with Gasteiger partial charge in [-0.15, -0.1) is 0 Å². The molecule has 0 saturated carbocycles. The third kappa shape index (κ3) is 8.19. The number of alkyl halides is 2. The fourth-order valence-corrected chi connectivity index (χ4v) is 5.32. The van der Waals surface area contributed by atoms with E-state index in [0.717, 1.165) is 6.07 Å². The number of azide groups is 1. The van der Waals surface area contributed by atoms with Gasteiger partial charge in [0, 0.05) is 17.2 Å². The molecule has 0 bridgehead atoms. The summed E-state index contributed by atoms with van der Waals surface area (Å²) in [4.78, 5) is 52.4. The third-order valence-electron chi connectivity index (χ3n) is 5.35. The van der Waals surface area contributed by atoms with Gasteiger partial charge in [-0.3, -0.25) is 28.5 Å². The number of aromatic amines is 1. The minimum Gasteiger partial charge on any atom is -0.462 e. The number of nitrogens with zero attached hydrogens (tertiary/aromatic N) is 4. The van der Waals surface area contributed by atoms with E-state index in [9.17, 15) is 28.8 Å². The Morgan fingerprint density at radius 1 is 1.17 bits per heavy atom. The number of esters is 2. The van der Waals surface area contributed by atoms with Crippen molar-refractivity contribution >= 4 is 19.6 Å². The first kappa shape index (κ1) is 34.0. The zero-order chi connectivity index (χ0) is 31.3. The van der Waals surface area contributed by atoms with Crippen LogP contribution in [-0.4, -0.2) is 75.2 Å². The number of aromatic nitrogens is 2. The largest absolute Gasteiger partial charge is 0.462 e. The van der Waals surface area contributed by atoms with E-state index in [1.165, 1.54) is 13.8 Å². The zero-order valence-corrected chi connectivity index (χ0v) is 23.8. The van der Waals surface area contributed by atoms with Gasteiger partial charge in [0.05, 0.1) is 18.8 Å². The van der Waals surface area contributed by atoms with Crippen molar-refractivity contribution in [1.29, 1.82) is 0 Å². The number of nitrogens with one attached hydrogen (secondary N) is 3. The van der Waals surface area contributed by atoms with Crippen LogP contribution in [0.1, 0.15) is 47.8 Å². The van der Waals surface area contributed by atoms with Crippen LogP contribution in [0.4, 0.5) is 8.78 Å². The van der Waals surface area contributed by atoms with E-state index >= 15 is 8.78 Å². The molecule has 230 valence electrons. The lowest BCUT2D eigenvalue weighted by molar-refractivity contribution is -0.149. The topological polar surface area (TPSA) is 236 Å². The molecule has 1 aromatic rings. The second-order valence-corrected chi connectivity index (χ2v) is 11.5. The molecule has 4 N–H and O–H groups in total. The van der Waals surface area contributed by atoms with Gasteiger partial charge in [0.25, 0.3) is 5.56 Å².